The number of alkyl halides is 24. The molecular formula is C79H37F24N5. The van der Waals surface area contributed by atoms with E-state index >= 15 is 52.7 Å². The van der Waals surface area contributed by atoms with E-state index in [0.717, 1.165) is 72.8 Å². The molecule has 0 N–H and O–H groups in total. The predicted molar refractivity (Wildman–Crippen MR) is 353 cm³/mol. The SMILES string of the molecule is N#Cc1c(-n2c3ccc(-c4ccc(C(F)(F)F)cc4C(F)(F)F)cc3c3cc(-c4ccc(C(F)(F)F)cc4C(F)(F)F)ccc32)cc(-c2nc(-c3ccccc3)cc(-c3ccccc3)n2)cc1-n1c2ccc(-c3ccc(C(F)(F)F)cc3C(F)(F)F)cc2c2cc(-c3ccc(C(F)(F)F)cc3C(F)(F)F)ccc21. The minimum absolute atomic E-state index is 0.0984. The van der Waals surface area contributed by atoms with Crippen molar-refractivity contribution in [3.63, 3.8) is 0 Å². The van der Waals surface area contributed by atoms with E-state index in [1.807, 2.05) is 0 Å². The lowest BCUT2D eigenvalue weighted by Gasteiger charge is -2.19. The van der Waals surface area contributed by atoms with Crippen LogP contribution in [0.15, 0.2) is 224 Å². The number of hydrogen-bond donors (Lipinski definition) is 0. The van der Waals surface area contributed by atoms with Crippen molar-refractivity contribution < 1.29 is 105 Å². The van der Waals surface area contributed by atoms with Gasteiger partial charge in [0.15, 0.2) is 5.82 Å². The Labute approximate surface area is 591 Å². The highest BCUT2D eigenvalue weighted by Crippen LogP contribution is 2.51. The van der Waals surface area contributed by atoms with E-state index in [2.05, 4.69) is 6.07 Å². The largest absolute Gasteiger partial charge is 0.417 e. The first-order chi connectivity index (χ1) is 50.5. The molecule has 0 unspecified atom stereocenters. The van der Waals surface area contributed by atoms with Gasteiger partial charge in [-0.15, -0.1) is 0 Å². The summed E-state index contributed by atoms with van der Waals surface area (Å²) >= 11 is 0. The van der Waals surface area contributed by atoms with Crippen molar-refractivity contribution in [3.8, 4) is 95.9 Å². The van der Waals surface area contributed by atoms with Gasteiger partial charge in [-0.3, -0.25) is 0 Å². The number of fused-ring (bicyclic) bond motifs is 6. The van der Waals surface area contributed by atoms with Crippen LogP contribution in [0.4, 0.5) is 105 Å². The number of halogens is 24. The Morgan fingerprint density at radius 2 is 0.509 bits per heavy atom. The second kappa shape index (κ2) is 25.6. The lowest BCUT2D eigenvalue weighted by Crippen LogP contribution is -2.12. The zero-order chi connectivity index (χ0) is 77.5. The highest BCUT2D eigenvalue weighted by atomic mass is 19.4. The van der Waals surface area contributed by atoms with Crippen molar-refractivity contribution in [2.24, 2.45) is 0 Å². The van der Waals surface area contributed by atoms with Gasteiger partial charge >= 0.3 is 49.4 Å². The van der Waals surface area contributed by atoms with Crippen LogP contribution in [0.5, 0.6) is 0 Å². The van der Waals surface area contributed by atoms with Gasteiger partial charge in [0.1, 0.15) is 11.6 Å². The quantitative estimate of drug-likeness (QED) is 0.135. The Balaban J connectivity index is 1.13. The van der Waals surface area contributed by atoms with Gasteiger partial charge in [-0.05, 0) is 160 Å². The molecule has 0 aliphatic carbocycles. The maximum absolute atomic E-state index is 15.1. The Hall–Kier alpha value is -12.1. The van der Waals surface area contributed by atoms with Gasteiger partial charge in [-0.2, -0.15) is 111 Å². The lowest BCUT2D eigenvalue weighted by molar-refractivity contribution is -0.144. The summed E-state index contributed by atoms with van der Waals surface area (Å²) in [7, 11) is 0. The first kappa shape index (κ1) is 72.8. The number of rotatable bonds is 9. The van der Waals surface area contributed by atoms with Crippen LogP contribution in [-0.4, -0.2) is 19.1 Å². The van der Waals surface area contributed by atoms with E-state index in [4.69, 9.17) is 9.97 Å². The Morgan fingerprint density at radius 1 is 0.250 bits per heavy atom. The minimum atomic E-state index is -5.51. The second-order valence-corrected chi connectivity index (χ2v) is 24.8. The van der Waals surface area contributed by atoms with E-state index in [9.17, 15) is 57.9 Å². The molecule has 29 heteroatoms. The summed E-state index contributed by atoms with van der Waals surface area (Å²) in [6.45, 7) is 0. The molecule has 0 saturated carbocycles. The third-order valence-electron chi connectivity index (χ3n) is 18.2. The van der Waals surface area contributed by atoms with Gasteiger partial charge in [0, 0.05) is 38.2 Å². The maximum Gasteiger partial charge on any atom is 0.417 e. The standard InChI is InChI=1S/C79H37F24N5/c80-72(81,82)46-15-19-50(59(33-46)76(92,93)94)41-11-23-65-54(27-41)55-28-42(51-20-16-47(73(83,84)85)34-60(51)77(95,96)97)12-24-66(55)107(65)69-31-45(71-105-63(39-7-3-1-4-8-39)37-64(106-71)40-9-5-2-6-10-40)32-70(58(69)38-104)108-67-25-13-43(52-21-17-48(74(86,87)88)35-61(52)78(98,99)100)29-56(67)57-30-44(14-26-68(57)108)53-22-18-49(75(89,90)91)36-62(53)79(101,102)103/h1-37H. The van der Waals surface area contributed by atoms with Gasteiger partial charge in [0.05, 0.1) is 89.3 Å². The molecule has 5 nitrogen and oxygen atoms in total. The molecule has 3 heterocycles. The van der Waals surface area contributed by atoms with Crippen LogP contribution in [-0.2, 0) is 49.4 Å². The predicted octanol–water partition coefficient (Wildman–Crippen LogP) is 26.4. The number of benzene rings is 11. The molecule has 0 bridgehead atoms. The van der Waals surface area contributed by atoms with Crippen LogP contribution in [0, 0.1) is 11.3 Å². The van der Waals surface area contributed by atoms with Crippen LogP contribution < -0.4 is 0 Å². The van der Waals surface area contributed by atoms with E-state index in [1.54, 1.807) is 66.7 Å². The fourth-order valence-electron chi connectivity index (χ4n) is 13.4. The molecule has 14 aromatic rings. The molecule has 108 heavy (non-hydrogen) atoms. The van der Waals surface area contributed by atoms with Gasteiger partial charge in [-0.1, -0.05) is 109 Å². The van der Waals surface area contributed by atoms with E-state index in [0.29, 0.717) is 59.7 Å². The second-order valence-electron chi connectivity index (χ2n) is 24.8. The van der Waals surface area contributed by atoms with Crippen molar-refractivity contribution in [1.82, 2.24) is 19.1 Å². The number of aromatic nitrogens is 4. The number of nitriles is 1. The van der Waals surface area contributed by atoms with Crippen molar-refractivity contribution in [3.05, 3.63) is 275 Å². The molecule has 0 fully saturated rings. The van der Waals surface area contributed by atoms with Gasteiger partial charge in [-0.25, -0.2) is 9.97 Å². The summed E-state index contributed by atoms with van der Waals surface area (Å²) in [6.07, 6.45) is -43.3. The molecule has 3 aromatic heterocycles. The van der Waals surface area contributed by atoms with Crippen molar-refractivity contribution in [1.29, 1.82) is 5.26 Å². The van der Waals surface area contributed by atoms with E-state index < -0.39 is 144 Å². The van der Waals surface area contributed by atoms with Crippen LogP contribution in [0.3, 0.4) is 0 Å². The van der Waals surface area contributed by atoms with Crippen molar-refractivity contribution >= 4 is 43.6 Å². The topological polar surface area (TPSA) is 59.4 Å². The van der Waals surface area contributed by atoms with E-state index in [1.165, 1.54) is 21.3 Å². The lowest BCUT2D eigenvalue weighted by atomic mass is 9.94. The smallest absolute Gasteiger partial charge is 0.308 e. The first-order valence-corrected chi connectivity index (χ1v) is 31.5. The molecule has 0 aliphatic heterocycles. The third-order valence-corrected chi connectivity index (χ3v) is 18.2. The van der Waals surface area contributed by atoms with Crippen LogP contribution in [0.1, 0.15) is 50.1 Å². The van der Waals surface area contributed by atoms with Crippen LogP contribution in [0.25, 0.3) is 133 Å². The number of hydrogen-bond acceptors (Lipinski definition) is 3. The van der Waals surface area contributed by atoms with Crippen LogP contribution in [0.2, 0.25) is 0 Å². The van der Waals surface area contributed by atoms with Crippen molar-refractivity contribution in [2.75, 3.05) is 0 Å². The summed E-state index contributed by atoms with van der Waals surface area (Å²) in [6, 6.07) is 38.6. The molecule has 0 atom stereocenters. The average Bonchev–Trinajstić information content (AvgIpc) is 1.56. The van der Waals surface area contributed by atoms with Crippen molar-refractivity contribution in [2.45, 2.75) is 49.4 Å². The fraction of sp³-hybridized carbons (Fsp3) is 0.101. The van der Waals surface area contributed by atoms with E-state index in [-0.39, 0.29) is 102 Å². The van der Waals surface area contributed by atoms with Gasteiger partial charge < -0.3 is 9.13 Å². The molecule has 0 saturated heterocycles. The fourth-order valence-corrected chi connectivity index (χ4v) is 13.4. The molecule has 0 radical (unpaired) electrons. The first-order valence-electron chi connectivity index (χ1n) is 31.5. The van der Waals surface area contributed by atoms with Crippen LogP contribution >= 0.6 is 0 Å². The maximum atomic E-state index is 15.1. The molecule has 0 spiro atoms. The molecular weight excluding hydrogens is 1470 g/mol. The summed E-state index contributed by atoms with van der Waals surface area (Å²) in [5, 5.41) is 11.0. The summed E-state index contributed by atoms with van der Waals surface area (Å²) in [4.78, 5) is 9.93. The molecule has 14 rings (SSSR count). The molecule has 0 aliphatic rings. The zero-order valence-corrected chi connectivity index (χ0v) is 53.7. The summed E-state index contributed by atoms with van der Waals surface area (Å²) in [5.41, 5.74) is -20.1. The van der Waals surface area contributed by atoms with Gasteiger partial charge in [0.2, 0.25) is 0 Å². The Kier molecular flexibility index (Phi) is 17.2. The highest BCUT2D eigenvalue weighted by molar-refractivity contribution is 6.14. The zero-order valence-electron chi connectivity index (χ0n) is 53.7. The Morgan fingerprint density at radius 3 is 0.741 bits per heavy atom. The summed E-state index contributed by atoms with van der Waals surface area (Å²) < 4.78 is 354. The molecule has 546 valence electrons. The highest BCUT2D eigenvalue weighted by Gasteiger charge is 2.43. The monoisotopic (exact) mass is 1510 g/mol. The normalized spacial score (nSPS) is 13.0. The summed E-state index contributed by atoms with van der Waals surface area (Å²) in [5.74, 6) is -0.203. The number of nitrogens with zero attached hydrogens (tertiary/aromatic N) is 5. The van der Waals surface area contributed by atoms with Gasteiger partial charge in [0.25, 0.3) is 0 Å². The average molecular weight is 1510 g/mol. The Bertz CT molecular complexity index is 5380. The third kappa shape index (κ3) is 13.4. The minimum Gasteiger partial charge on any atom is -0.308 e. The molecule has 0 amide bonds. The molecule has 11 aromatic carbocycles.